The van der Waals surface area contributed by atoms with Crippen molar-refractivity contribution in [2.75, 3.05) is 0 Å². The third-order valence-electron chi connectivity index (χ3n) is 5.21. The van der Waals surface area contributed by atoms with Gasteiger partial charge in [0.1, 0.15) is 0 Å². The van der Waals surface area contributed by atoms with Gasteiger partial charge in [-0.15, -0.1) is 0 Å². The van der Waals surface area contributed by atoms with E-state index in [9.17, 15) is 9.90 Å². The fourth-order valence-electron chi connectivity index (χ4n) is 3.48. The number of aliphatic hydroxyl groups excluding tert-OH is 1. The molecule has 1 unspecified atom stereocenters. The minimum Gasteiger partial charge on any atom is -0.393 e. The summed E-state index contributed by atoms with van der Waals surface area (Å²) >= 11 is 0. The second-order valence-electron chi connectivity index (χ2n) is 7.80. The van der Waals surface area contributed by atoms with Gasteiger partial charge in [0.05, 0.1) is 6.10 Å². The fourth-order valence-corrected chi connectivity index (χ4v) is 3.48. The Morgan fingerprint density at radius 2 is 0.920 bits per heavy atom. The summed E-state index contributed by atoms with van der Waals surface area (Å²) in [5.74, 6) is 0. The number of aliphatic hydroxyl groups is 1. The summed E-state index contributed by atoms with van der Waals surface area (Å²) in [6.45, 7) is 2.28. The monoisotopic (exact) mass is 353 g/mol. The largest absolute Gasteiger partial charge is 0.393 e. The third-order valence-corrected chi connectivity index (χ3v) is 5.21. The van der Waals surface area contributed by atoms with E-state index < -0.39 is 6.10 Å². The maximum Gasteiger partial charge on any atom is 0.201 e. The molecule has 0 aromatic heterocycles. The van der Waals surface area contributed by atoms with Crippen molar-refractivity contribution in [2.45, 2.75) is 141 Å². The first kappa shape index (κ1) is 24.6. The zero-order chi connectivity index (χ0) is 18.4. The molecule has 0 rings (SSSR count). The van der Waals surface area contributed by atoms with Crippen molar-refractivity contribution in [1.29, 1.82) is 0 Å². The van der Waals surface area contributed by atoms with Crippen molar-refractivity contribution in [3.8, 4) is 0 Å². The number of hydrogen-bond donors (Lipinski definition) is 1. The van der Waals surface area contributed by atoms with Crippen LogP contribution in [0.5, 0.6) is 0 Å². The molecule has 0 aliphatic carbocycles. The van der Waals surface area contributed by atoms with E-state index in [1.807, 2.05) is 0 Å². The quantitative estimate of drug-likeness (QED) is 0.220. The Bertz CT molecular complexity index is 252. The second kappa shape index (κ2) is 21.7. The zero-order valence-electron chi connectivity index (χ0n) is 17.1. The lowest BCUT2D eigenvalue weighted by Crippen LogP contribution is -2.06. The molecule has 0 aliphatic heterocycles. The Morgan fingerprint density at radius 1 is 0.600 bits per heavy atom. The SMILES string of the molecule is CCCCCCCCCCCCCCCCCCCCC(O)C[C]=O. The first-order valence-corrected chi connectivity index (χ1v) is 11.3. The molecule has 0 bridgehead atoms. The molecule has 0 aliphatic rings. The Morgan fingerprint density at radius 3 is 1.24 bits per heavy atom. The highest BCUT2D eigenvalue weighted by Gasteiger charge is 2.02. The van der Waals surface area contributed by atoms with Gasteiger partial charge in [-0.25, -0.2) is 0 Å². The van der Waals surface area contributed by atoms with Gasteiger partial charge in [-0.05, 0) is 6.42 Å². The van der Waals surface area contributed by atoms with Gasteiger partial charge in [-0.1, -0.05) is 122 Å². The van der Waals surface area contributed by atoms with E-state index in [1.165, 1.54) is 109 Å². The van der Waals surface area contributed by atoms with Gasteiger partial charge in [-0.3, -0.25) is 4.79 Å². The molecule has 0 aromatic carbocycles. The molecule has 0 amide bonds. The summed E-state index contributed by atoms with van der Waals surface area (Å²) in [5, 5.41) is 9.42. The molecule has 25 heavy (non-hydrogen) atoms. The standard InChI is InChI=1S/C23H45O2/c1-2-3-4-5-6-7-8-9-10-11-12-13-14-15-16-17-18-19-20-23(25)21-22-24/h23,25H,2-21H2,1H3. The van der Waals surface area contributed by atoms with Crippen LogP contribution >= 0.6 is 0 Å². The Labute approximate surface area is 158 Å². The summed E-state index contributed by atoms with van der Waals surface area (Å²) < 4.78 is 0. The minimum atomic E-state index is -0.460. The van der Waals surface area contributed by atoms with Crippen LogP contribution in [-0.4, -0.2) is 17.5 Å². The number of hydrogen-bond acceptors (Lipinski definition) is 2. The van der Waals surface area contributed by atoms with E-state index in [4.69, 9.17) is 0 Å². The normalized spacial score (nSPS) is 12.4. The van der Waals surface area contributed by atoms with Gasteiger partial charge >= 0.3 is 0 Å². The molecule has 1 radical (unpaired) electrons. The Balaban J connectivity index is 3.01. The van der Waals surface area contributed by atoms with Crippen LogP contribution in [0.3, 0.4) is 0 Å². The number of unbranched alkanes of at least 4 members (excludes halogenated alkanes) is 17. The van der Waals surface area contributed by atoms with Crippen molar-refractivity contribution in [3.63, 3.8) is 0 Å². The highest BCUT2D eigenvalue weighted by Crippen LogP contribution is 2.14. The van der Waals surface area contributed by atoms with Crippen LogP contribution in [0.2, 0.25) is 0 Å². The summed E-state index contributed by atoms with van der Waals surface area (Å²) in [5.41, 5.74) is 0. The first-order chi connectivity index (χ1) is 12.3. The molecule has 2 nitrogen and oxygen atoms in total. The van der Waals surface area contributed by atoms with E-state index in [0.717, 1.165) is 12.8 Å². The van der Waals surface area contributed by atoms with E-state index in [2.05, 4.69) is 6.92 Å². The second-order valence-corrected chi connectivity index (χ2v) is 7.80. The van der Waals surface area contributed by atoms with Gasteiger partial charge in [0.25, 0.3) is 0 Å². The molecule has 0 aromatic rings. The van der Waals surface area contributed by atoms with Crippen LogP contribution in [0, 0.1) is 0 Å². The maximum atomic E-state index is 10.1. The highest BCUT2D eigenvalue weighted by atomic mass is 16.3. The van der Waals surface area contributed by atoms with Crippen LogP contribution in [0.15, 0.2) is 0 Å². The van der Waals surface area contributed by atoms with Gasteiger partial charge in [-0.2, -0.15) is 0 Å². The molecular formula is C23H45O2. The highest BCUT2D eigenvalue weighted by molar-refractivity contribution is 5.51. The lowest BCUT2D eigenvalue weighted by Gasteiger charge is -2.06. The predicted octanol–water partition coefficient (Wildman–Crippen LogP) is 7.28. The van der Waals surface area contributed by atoms with Crippen LogP contribution in [0.25, 0.3) is 0 Å². The molecule has 0 saturated heterocycles. The molecule has 0 spiro atoms. The Kier molecular flexibility index (Phi) is 21.4. The van der Waals surface area contributed by atoms with Gasteiger partial charge in [0.2, 0.25) is 6.29 Å². The first-order valence-electron chi connectivity index (χ1n) is 11.3. The van der Waals surface area contributed by atoms with Gasteiger partial charge < -0.3 is 5.11 Å². The van der Waals surface area contributed by atoms with E-state index >= 15 is 0 Å². The lowest BCUT2D eigenvalue weighted by atomic mass is 10.0. The van der Waals surface area contributed by atoms with Gasteiger partial charge in [0, 0.05) is 6.42 Å². The predicted molar refractivity (Wildman–Crippen MR) is 110 cm³/mol. The van der Waals surface area contributed by atoms with Gasteiger partial charge in [0.15, 0.2) is 0 Å². The third kappa shape index (κ3) is 21.6. The topological polar surface area (TPSA) is 37.3 Å². The van der Waals surface area contributed by atoms with Crippen LogP contribution in [-0.2, 0) is 4.79 Å². The average Bonchev–Trinajstić information content (AvgIpc) is 2.61. The van der Waals surface area contributed by atoms with Crippen molar-refractivity contribution in [3.05, 3.63) is 0 Å². The van der Waals surface area contributed by atoms with Crippen LogP contribution < -0.4 is 0 Å². The van der Waals surface area contributed by atoms with Crippen molar-refractivity contribution in [1.82, 2.24) is 0 Å². The van der Waals surface area contributed by atoms with E-state index in [0.29, 0.717) is 0 Å². The summed E-state index contributed by atoms with van der Waals surface area (Å²) in [7, 11) is 0. The average molecular weight is 354 g/mol. The summed E-state index contributed by atoms with van der Waals surface area (Å²) in [6.07, 6.45) is 27.0. The van der Waals surface area contributed by atoms with Crippen LogP contribution in [0.4, 0.5) is 0 Å². The fraction of sp³-hybridized carbons (Fsp3) is 0.957. The molecule has 1 N–H and O–H groups in total. The smallest absolute Gasteiger partial charge is 0.201 e. The van der Waals surface area contributed by atoms with E-state index in [-0.39, 0.29) is 6.42 Å². The molecular weight excluding hydrogens is 308 g/mol. The van der Waals surface area contributed by atoms with Crippen molar-refractivity contribution < 1.29 is 9.90 Å². The minimum absolute atomic E-state index is 0.180. The zero-order valence-corrected chi connectivity index (χ0v) is 17.1. The Hall–Kier alpha value is -0.370. The molecule has 0 saturated carbocycles. The van der Waals surface area contributed by atoms with E-state index in [1.54, 1.807) is 6.29 Å². The van der Waals surface area contributed by atoms with Crippen LogP contribution in [0.1, 0.15) is 135 Å². The number of rotatable bonds is 21. The number of carbonyl (C=O) groups excluding carboxylic acids is 1. The van der Waals surface area contributed by atoms with Crippen molar-refractivity contribution >= 4 is 6.29 Å². The molecule has 149 valence electrons. The molecule has 2 heteroatoms. The lowest BCUT2D eigenvalue weighted by molar-refractivity contribution is 0.167. The molecule has 0 heterocycles. The summed E-state index contributed by atoms with van der Waals surface area (Å²) in [4.78, 5) is 10.1. The molecule has 0 fully saturated rings. The van der Waals surface area contributed by atoms with Crippen molar-refractivity contribution in [2.24, 2.45) is 0 Å². The summed E-state index contributed by atoms with van der Waals surface area (Å²) in [6, 6.07) is 0. The molecule has 1 atom stereocenters. The maximum absolute atomic E-state index is 10.1.